The second kappa shape index (κ2) is 6.72. The van der Waals surface area contributed by atoms with Crippen molar-refractivity contribution in [1.29, 1.82) is 0 Å². The summed E-state index contributed by atoms with van der Waals surface area (Å²) in [6, 6.07) is 17.8. The number of rotatable bonds is 5. The van der Waals surface area contributed by atoms with Crippen LogP contribution in [0.2, 0.25) is 0 Å². The molecule has 5 nitrogen and oxygen atoms in total. The van der Waals surface area contributed by atoms with E-state index in [1.165, 1.54) is 6.33 Å². The molecule has 118 valence electrons. The summed E-state index contributed by atoms with van der Waals surface area (Å²) < 4.78 is 5.99. The molecule has 2 aromatic heterocycles. The van der Waals surface area contributed by atoms with Crippen LogP contribution < -0.4 is 4.74 Å². The van der Waals surface area contributed by atoms with Crippen molar-refractivity contribution >= 4 is 22.9 Å². The van der Waals surface area contributed by atoms with Crippen LogP contribution in [0.1, 0.15) is 5.56 Å². The van der Waals surface area contributed by atoms with E-state index >= 15 is 0 Å². The SMILES string of the molecule is c1ccc(Oc2ccccc2CSc2nc3ncncc3[nH]2)cc1. The Hall–Kier alpha value is -2.86. The van der Waals surface area contributed by atoms with Gasteiger partial charge in [0.05, 0.1) is 6.20 Å². The van der Waals surface area contributed by atoms with Gasteiger partial charge in [0, 0.05) is 11.3 Å². The molecule has 2 heterocycles. The third-order valence-electron chi connectivity index (χ3n) is 3.45. The van der Waals surface area contributed by atoms with Gasteiger partial charge in [0.1, 0.15) is 23.3 Å². The Bertz CT molecular complexity index is 922. The first kappa shape index (κ1) is 14.7. The maximum Gasteiger partial charge on any atom is 0.181 e. The van der Waals surface area contributed by atoms with Gasteiger partial charge < -0.3 is 9.72 Å². The van der Waals surface area contributed by atoms with Crippen LogP contribution in [-0.4, -0.2) is 19.9 Å². The molecule has 0 amide bonds. The van der Waals surface area contributed by atoms with E-state index in [0.29, 0.717) is 5.65 Å². The zero-order valence-corrected chi connectivity index (χ0v) is 13.5. The summed E-state index contributed by atoms with van der Waals surface area (Å²) in [6.07, 6.45) is 3.23. The molecule has 1 N–H and O–H groups in total. The maximum atomic E-state index is 5.99. The quantitative estimate of drug-likeness (QED) is 0.547. The molecule has 0 fully saturated rings. The number of para-hydroxylation sites is 2. The van der Waals surface area contributed by atoms with Crippen molar-refractivity contribution < 1.29 is 4.74 Å². The molecule has 0 bridgehead atoms. The summed E-state index contributed by atoms with van der Waals surface area (Å²) in [5.41, 5.74) is 2.63. The molecule has 0 atom stereocenters. The number of ether oxygens (including phenoxy) is 1. The maximum absolute atomic E-state index is 5.99. The highest BCUT2D eigenvalue weighted by Gasteiger charge is 2.08. The Morgan fingerprint density at radius 2 is 1.83 bits per heavy atom. The molecule has 6 heteroatoms. The molecule has 24 heavy (non-hydrogen) atoms. The van der Waals surface area contributed by atoms with Gasteiger partial charge in [0.25, 0.3) is 0 Å². The van der Waals surface area contributed by atoms with Crippen LogP contribution >= 0.6 is 11.8 Å². The van der Waals surface area contributed by atoms with E-state index in [1.807, 2.05) is 48.5 Å². The van der Waals surface area contributed by atoms with Crippen molar-refractivity contribution in [2.75, 3.05) is 0 Å². The Labute approximate surface area is 143 Å². The Morgan fingerprint density at radius 1 is 1.00 bits per heavy atom. The van der Waals surface area contributed by atoms with E-state index in [0.717, 1.165) is 33.5 Å². The molecule has 0 saturated heterocycles. The highest BCUT2D eigenvalue weighted by atomic mass is 32.2. The van der Waals surface area contributed by atoms with Gasteiger partial charge in [-0.15, -0.1) is 0 Å². The van der Waals surface area contributed by atoms with E-state index in [1.54, 1.807) is 18.0 Å². The molecule has 4 rings (SSSR count). The predicted molar refractivity (Wildman–Crippen MR) is 94.2 cm³/mol. The highest BCUT2D eigenvalue weighted by Crippen LogP contribution is 2.30. The van der Waals surface area contributed by atoms with Gasteiger partial charge >= 0.3 is 0 Å². The molecule has 2 aromatic carbocycles. The number of benzene rings is 2. The van der Waals surface area contributed by atoms with Gasteiger partial charge in [-0.2, -0.15) is 0 Å². The minimum absolute atomic E-state index is 0.682. The first-order valence-corrected chi connectivity index (χ1v) is 8.46. The van der Waals surface area contributed by atoms with Crippen molar-refractivity contribution in [3.05, 3.63) is 72.7 Å². The minimum Gasteiger partial charge on any atom is -0.457 e. The number of H-pyrrole nitrogens is 1. The van der Waals surface area contributed by atoms with Crippen LogP contribution in [0.5, 0.6) is 11.5 Å². The lowest BCUT2D eigenvalue weighted by Crippen LogP contribution is -1.90. The van der Waals surface area contributed by atoms with Crippen molar-refractivity contribution in [2.45, 2.75) is 10.9 Å². The van der Waals surface area contributed by atoms with Crippen LogP contribution in [0.3, 0.4) is 0 Å². The van der Waals surface area contributed by atoms with Crippen LogP contribution in [0.4, 0.5) is 0 Å². The number of thioether (sulfide) groups is 1. The smallest absolute Gasteiger partial charge is 0.181 e. The zero-order valence-electron chi connectivity index (χ0n) is 12.7. The van der Waals surface area contributed by atoms with Gasteiger partial charge in [-0.05, 0) is 18.2 Å². The molecule has 4 aromatic rings. The molecule has 0 unspecified atom stereocenters. The second-order valence-electron chi connectivity index (χ2n) is 5.11. The summed E-state index contributed by atoms with van der Waals surface area (Å²) in [5, 5.41) is 0.819. The molecular weight excluding hydrogens is 320 g/mol. The fourth-order valence-electron chi connectivity index (χ4n) is 2.29. The van der Waals surface area contributed by atoms with Gasteiger partial charge in [-0.1, -0.05) is 48.2 Å². The minimum atomic E-state index is 0.682. The Balaban J connectivity index is 1.52. The van der Waals surface area contributed by atoms with E-state index < -0.39 is 0 Å². The summed E-state index contributed by atoms with van der Waals surface area (Å²) in [5.74, 6) is 2.43. The summed E-state index contributed by atoms with van der Waals surface area (Å²) in [4.78, 5) is 15.8. The van der Waals surface area contributed by atoms with E-state index in [-0.39, 0.29) is 0 Å². The zero-order chi connectivity index (χ0) is 16.2. The molecule has 0 spiro atoms. The Morgan fingerprint density at radius 3 is 2.71 bits per heavy atom. The summed E-state index contributed by atoms with van der Waals surface area (Å²) in [7, 11) is 0. The largest absolute Gasteiger partial charge is 0.457 e. The monoisotopic (exact) mass is 334 g/mol. The highest BCUT2D eigenvalue weighted by molar-refractivity contribution is 7.98. The average Bonchev–Trinajstić information content (AvgIpc) is 3.05. The average molecular weight is 334 g/mol. The second-order valence-corrected chi connectivity index (χ2v) is 6.08. The lowest BCUT2D eigenvalue weighted by Gasteiger charge is -2.10. The van der Waals surface area contributed by atoms with Crippen LogP contribution in [0.15, 0.2) is 72.3 Å². The van der Waals surface area contributed by atoms with Gasteiger partial charge in [0.2, 0.25) is 0 Å². The molecule has 0 saturated carbocycles. The van der Waals surface area contributed by atoms with Gasteiger partial charge in [0.15, 0.2) is 10.8 Å². The number of nitrogens with zero attached hydrogens (tertiary/aromatic N) is 3. The third-order valence-corrected chi connectivity index (χ3v) is 4.37. The number of hydrogen-bond acceptors (Lipinski definition) is 5. The standard InChI is InChI=1S/C18H14N4OS/c1-2-7-14(8-3-1)23-16-9-5-4-6-13(16)11-24-18-21-15-10-19-12-20-17(15)22-18/h1-10,12H,11H2,(H,19,20,21,22). The fourth-order valence-corrected chi connectivity index (χ4v) is 3.16. The van der Waals surface area contributed by atoms with E-state index in [2.05, 4.69) is 26.0 Å². The summed E-state index contributed by atoms with van der Waals surface area (Å²) >= 11 is 1.61. The molecule has 0 aliphatic rings. The predicted octanol–water partition coefficient (Wildman–Crippen LogP) is 4.44. The molecule has 0 aliphatic carbocycles. The fraction of sp³-hybridized carbons (Fsp3) is 0.0556. The lowest BCUT2D eigenvalue weighted by atomic mass is 10.2. The third kappa shape index (κ3) is 3.23. The molecular formula is C18H14N4OS. The lowest BCUT2D eigenvalue weighted by molar-refractivity contribution is 0.478. The van der Waals surface area contributed by atoms with Crippen molar-refractivity contribution in [2.24, 2.45) is 0 Å². The van der Waals surface area contributed by atoms with Crippen molar-refractivity contribution in [1.82, 2.24) is 19.9 Å². The number of fused-ring (bicyclic) bond motifs is 1. The van der Waals surface area contributed by atoms with E-state index in [4.69, 9.17) is 4.74 Å². The summed E-state index contributed by atoms with van der Waals surface area (Å²) in [6.45, 7) is 0. The number of aromatic nitrogens is 4. The van der Waals surface area contributed by atoms with Crippen LogP contribution in [-0.2, 0) is 5.75 Å². The normalized spacial score (nSPS) is 10.8. The number of hydrogen-bond donors (Lipinski definition) is 1. The number of imidazole rings is 1. The van der Waals surface area contributed by atoms with Crippen LogP contribution in [0.25, 0.3) is 11.2 Å². The van der Waals surface area contributed by atoms with E-state index in [9.17, 15) is 0 Å². The van der Waals surface area contributed by atoms with Crippen LogP contribution in [0, 0.1) is 0 Å². The number of aromatic amines is 1. The first-order valence-electron chi connectivity index (χ1n) is 7.48. The van der Waals surface area contributed by atoms with Crippen molar-refractivity contribution in [3.63, 3.8) is 0 Å². The first-order chi connectivity index (χ1) is 11.9. The van der Waals surface area contributed by atoms with Crippen molar-refractivity contribution in [3.8, 4) is 11.5 Å². The Kier molecular flexibility index (Phi) is 4.12. The topological polar surface area (TPSA) is 63.7 Å². The molecule has 0 radical (unpaired) electrons. The molecule has 0 aliphatic heterocycles. The van der Waals surface area contributed by atoms with Gasteiger partial charge in [-0.25, -0.2) is 15.0 Å². The number of nitrogens with one attached hydrogen (secondary N) is 1. The van der Waals surface area contributed by atoms with Gasteiger partial charge in [-0.3, -0.25) is 0 Å².